The molecule has 0 bridgehead atoms. The van der Waals surface area contributed by atoms with Gasteiger partial charge in [-0.15, -0.1) is 11.8 Å². The van der Waals surface area contributed by atoms with Crippen LogP contribution in [0.3, 0.4) is 0 Å². The standard InChI is InChI=1S/C13H12FNO/c1-2-3-4-6-10-9-7-5-8-11(14)12(9)15-13(10)16/h5,7-8,10H,4,6H2,1H3,(H,15,16). The van der Waals surface area contributed by atoms with Crippen molar-refractivity contribution in [1.82, 2.24) is 0 Å². The molecular formula is C13H12FNO. The van der Waals surface area contributed by atoms with Gasteiger partial charge in [0.1, 0.15) is 5.82 Å². The molecule has 1 unspecified atom stereocenters. The van der Waals surface area contributed by atoms with E-state index in [1.54, 1.807) is 19.1 Å². The molecule has 0 saturated heterocycles. The summed E-state index contributed by atoms with van der Waals surface area (Å²) in [7, 11) is 0. The SMILES string of the molecule is CC#CCCC1C(=O)Nc2c(F)cccc21. The Balaban J connectivity index is 2.25. The molecule has 3 heteroatoms. The molecule has 1 heterocycles. The summed E-state index contributed by atoms with van der Waals surface area (Å²) in [6.45, 7) is 1.77. The molecule has 0 aromatic heterocycles. The van der Waals surface area contributed by atoms with Crippen molar-refractivity contribution in [2.45, 2.75) is 25.7 Å². The lowest BCUT2D eigenvalue weighted by molar-refractivity contribution is -0.117. The molecule has 1 atom stereocenters. The fourth-order valence-corrected chi connectivity index (χ4v) is 1.94. The van der Waals surface area contributed by atoms with Crippen LogP contribution in [0.4, 0.5) is 10.1 Å². The van der Waals surface area contributed by atoms with Crippen molar-refractivity contribution in [3.05, 3.63) is 29.6 Å². The molecule has 82 valence electrons. The number of nitrogens with one attached hydrogen (secondary N) is 1. The number of carbonyl (C=O) groups excluding carboxylic acids is 1. The Morgan fingerprint density at radius 1 is 1.50 bits per heavy atom. The summed E-state index contributed by atoms with van der Waals surface area (Å²) >= 11 is 0. The summed E-state index contributed by atoms with van der Waals surface area (Å²) < 4.78 is 13.4. The van der Waals surface area contributed by atoms with E-state index in [-0.39, 0.29) is 17.6 Å². The van der Waals surface area contributed by atoms with E-state index in [0.717, 1.165) is 5.56 Å². The van der Waals surface area contributed by atoms with E-state index in [9.17, 15) is 9.18 Å². The molecule has 16 heavy (non-hydrogen) atoms. The first-order chi connectivity index (χ1) is 7.74. The maximum atomic E-state index is 13.4. The van der Waals surface area contributed by atoms with Gasteiger partial charge in [0.05, 0.1) is 11.6 Å². The molecule has 0 aliphatic carbocycles. The zero-order valence-corrected chi connectivity index (χ0v) is 9.01. The normalized spacial score (nSPS) is 17.4. The van der Waals surface area contributed by atoms with Crippen molar-refractivity contribution >= 4 is 11.6 Å². The van der Waals surface area contributed by atoms with Crippen molar-refractivity contribution in [3.8, 4) is 11.8 Å². The van der Waals surface area contributed by atoms with Crippen LogP contribution >= 0.6 is 0 Å². The van der Waals surface area contributed by atoms with Crippen molar-refractivity contribution in [1.29, 1.82) is 0 Å². The molecule has 2 rings (SSSR count). The number of amides is 1. The lowest BCUT2D eigenvalue weighted by atomic mass is 9.96. The van der Waals surface area contributed by atoms with Gasteiger partial charge in [0, 0.05) is 6.42 Å². The Bertz CT molecular complexity index is 484. The van der Waals surface area contributed by atoms with Gasteiger partial charge in [0.2, 0.25) is 5.91 Å². The van der Waals surface area contributed by atoms with Crippen LogP contribution in [0, 0.1) is 17.7 Å². The fourth-order valence-electron chi connectivity index (χ4n) is 1.94. The van der Waals surface area contributed by atoms with E-state index in [1.165, 1.54) is 6.07 Å². The van der Waals surface area contributed by atoms with Crippen LogP contribution in [0.5, 0.6) is 0 Å². The Hall–Kier alpha value is -1.82. The zero-order valence-electron chi connectivity index (χ0n) is 9.01. The topological polar surface area (TPSA) is 29.1 Å². The summed E-state index contributed by atoms with van der Waals surface area (Å²) in [5.41, 5.74) is 1.09. The molecular weight excluding hydrogens is 205 g/mol. The number of hydrogen-bond acceptors (Lipinski definition) is 1. The van der Waals surface area contributed by atoms with Crippen molar-refractivity contribution < 1.29 is 9.18 Å². The first-order valence-electron chi connectivity index (χ1n) is 5.23. The molecule has 2 nitrogen and oxygen atoms in total. The first-order valence-corrected chi connectivity index (χ1v) is 5.23. The van der Waals surface area contributed by atoms with E-state index in [4.69, 9.17) is 0 Å². The van der Waals surface area contributed by atoms with E-state index in [2.05, 4.69) is 17.2 Å². The number of anilines is 1. The van der Waals surface area contributed by atoms with Crippen LogP contribution in [-0.2, 0) is 4.79 Å². The molecule has 1 amide bonds. The number of para-hydroxylation sites is 1. The van der Waals surface area contributed by atoms with E-state index in [1.807, 2.05) is 0 Å². The fraction of sp³-hybridized carbons (Fsp3) is 0.308. The van der Waals surface area contributed by atoms with E-state index in [0.29, 0.717) is 18.5 Å². The number of fused-ring (bicyclic) bond motifs is 1. The van der Waals surface area contributed by atoms with Crippen LogP contribution in [0.1, 0.15) is 31.2 Å². The summed E-state index contributed by atoms with van der Waals surface area (Å²) in [5, 5.41) is 2.58. The Morgan fingerprint density at radius 2 is 2.31 bits per heavy atom. The molecule has 1 aromatic rings. The predicted octanol–water partition coefficient (Wildman–Crippen LogP) is 2.66. The minimum atomic E-state index is -0.366. The van der Waals surface area contributed by atoms with Gasteiger partial charge in [-0.25, -0.2) is 4.39 Å². The van der Waals surface area contributed by atoms with Gasteiger partial charge in [-0.1, -0.05) is 12.1 Å². The van der Waals surface area contributed by atoms with Crippen LogP contribution in [0.25, 0.3) is 0 Å². The van der Waals surface area contributed by atoms with Gasteiger partial charge in [0.25, 0.3) is 0 Å². The smallest absolute Gasteiger partial charge is 0.232 e. The van der Waals surface area contributed by atoms with Crippen LogP contribution < -0.4 is 5.32 Å². The summed E-state index contributed by atoms with van der Waals surface area (Å²) in [6, 6.07) is 4.78. The highest BCUT2D eigenvalue weighted by Gasteiger charge is 2.31. The maximum Gasteiger partial charge on any atom is 0.232 e. The van der Waals surface area contributed by atoms with Gasteiger partial charge in [-0.2, -0.15) is 0 Å². The van der Waals surface area contributed by atoms with Gasteiger partial charge >= 0.3 is 0 Å². The molecule has 1 aliphatic rings. The lowest BCUT2D eigenvalue weighted by Gasteiger charge is -2.05. The Morgan fingerprint density at radius 3 is 3.06 bits per heavy atom. The quantitative estimate of drug-likeness (QED) is 0.758. The highest BCUT2D eigenvalue weighted by atomic mass is 19.1. The van der Waals surface area contributed by atoms with Gasteiger partial charge < -0.3 is 5.32 Å². The molecule has 0 radical (unpaired) electrons. The Labute approximate surface area is 93.9 Å². The number of carbonyl (C=O) groups is 1. The molecule has 1 N–H and O–H groups in total. The highest BCUT2D eigenvalue weighted by molar-refractivity contribution is 6.02. The lowest BCUT2D eigenvalue weighted by Crippen LogP contribution is -2.11. The minimum Gasteiger partial charge on any atom is -0.323 e. The second-order valence-electron chi connectivity index (χ2n) is 3.71. The number of benzene rings is 1. The maximum absolute atomic E-state index is 13.4. The highest BCUT2D eigenvalue weighted by Crippen LogP contribution is 2.36. The van der Waals surface area contributed by atoms with Gasteiger partial charge in [0.15, 0.2) is 0 Å². The molecule has 0 spiro atoms. The van der Waals surface area contributed by atoms with Crippen molar-refractivity contribution in [3.63, 3.8) is 0 Å². The second-order valence-corrected chi connectivity index (χ2v) is 3.71. The predicted molar refractivity (Wildman–Crippen MR) is 60.5 cm³/mol. The van der Waals surface area contributed by atoms with E-state index >= 15 is 0 Å². The number of hydrogen-bond donors (Lipinski definition) is 1. The van der Waals surface area contributed by atoms with Gasteiger partial charge in [-0.3, -0.25) is 4.79 Å². The van der Waals surface area contributed by atoms with E-state index < -0.39 is 0 Å². The van der Waals surface area contributed by atoms with Crippen LogP contribution in [0.15, 0.2) is 18.2 Å². The number of halogens is 1. The second kappa shape index (κ2) is 4.36. The zero-order chi connectivity index (χ0) is 11.5. The average molecular weight is 217 g/mol. The molecule has 0 saturated carbocycles. The van der Waals surface area contributed by atoms with Gasteiger partial charge in [-0.05, 0) is 25.0 Å². The third-order valence-corrected chi connectivity index (χ3v) is 2.72. The largest absolute Gasteiger partial charge is 0.323 e. The third kappa shape index (κ3) is 1.79. The summed E-state index contributed by atoms with van der Waals surface area (Å²) in [6.07, 6.45) is 1.30. The van der Waals surface area contributed by atoms with Crippen LogP contribution in [-0.4, -0.2) is 5.91 Å². The molecule has 1 aromatic carbocycles. The molecule has 0 fully saturated rings. The Kier molecular flexibility index (Phi) is 2.91. The number of rotatable bonds is 2. The average Bonchev–Trinajstić information content (AvgIpc) is 2.58. The molecule has 1 aliphatic heterocycles. The summed E-state index contributed by atoms with van der Waals surface area (Å²) in [4.78, 5) is 11.7. The van der Waals surface area contributed by atoms with Crippen molar-refractivity contribution in [2.75, 3.05) is 5.32 Å². The first kappa shape index (κ1) is 10.7. The van der Waals surface area contributed by atoms with Crippen LogP contribution in [0.2, 0.25) is 0 Å². The monoisotopic (exact) mass is 217 g/mol. The third-order valence-electron chi connectivity index (χ3n) is 2.72. The summed E-state index contributed by atoms with van der Waals surface area (Å²) in [5.74, 6) is 4.95. The van der Waals surface area contributed by atoms with Crippen molar-refractivity contribution in [2.24, 2.45) is 0 Å². The minimum absolute atomic E-state index is 0.127.